The maximum Gasteiger partial charge on any atom is 0.340 e. The zero-order valence-corrected chi connectivity index (χ0v) is 15.8. The van der Waals surface area contributed by atoms with Crippen molar-refractivity contribution in [1.82, 2.24) is 4.57 Å². The van der Waals surface area contributed by atoms with Crippen molar-refractivity contribution < 1.29 is 14.3 Å². The van der Waals surface area contributed by atoms with E-state index in [1.807, 2.05) is 44.2 Å². The van der Waals surface area contributed by atoms with E-state index in [4.69, 9.17) is 4.74 Å². The van der Waals surface area contributed by atoms with Crippen molar-refractivity contribution in [2.45, 2.75) is 59.1 Å². The molecule has 1 atom stereocenters. The Morgan fingerprint density at radius 1 is 1.23 bits per heavy atom. The number of benzene rings is 1. The second kappa shape index (κ2) is 7.36. The molecule has 0 spiro atoms. The normalized spacial score (nSPS) is 14.8. The average Bonchev–Trinajstić information content (AvgIpc) is 3.40. The number of nitrogens with one attached hydrogen (secondary N) is 1. The molecule has 1 aliphatic carbocycles. The Morgan fingerprint density at radius 2 is 1.88 bits per heavy atom. The fraction of sp³-hybridized carbons (Fsp3) is 0.429. The largest absolute Gasteiger partial charge is 0.449 e. The summed E-state index contributed by atoms with van der Waals surface area (Å²) in [6.07, 6.45) is 2.39. The van der Waals surface area contributed by atoms with Gasteiger partial charge in [0, 0.05) is 23.1 Å². The Morgan fingerprint density at radius 3 is 2.46 bits per heavy atom. The Labute approximate surface area is 154 Å². The summed E-state index contributed by atoms with van der Waals surface area (Å²) in [7, 11) is 0. The number of amides is 1. The molecular formula is C21H26N2O3. The van der Waals surface area contributed by atoms with Crippen LogP contribution in [-0.2, 0) is 16.0 Å². The van der Waals surface area contributed by atoms with Gasteiger partial charge in [-0.1, -0.05) is 19.1 Å². The lowest BCUT2D eigenvalue weighted by Gasteiger charge is -2.14. The first kappa shape index (κ1) is 18.2. The molecule has 138 valence electrons. The maximum absolute atomic E-state index is 12.5. The first-order chi connectivity index (χ1) is 12.4. The van der Waals surface area contributed by atoms with Crippen molar-refractivity contribution in [3.8, 4) is 0 Å². The molecule has 1 saturated carbocycles. The van der Waals surface area contributed by atoms with Crippen molar-refractivity contribution in [2.75, 3.05) is 5.32 Å². The summed E-state index contributed by atoms with van der Waals surface area (Å²) in [6, 6.07) is 10.0. The predicted octanol–water partition coefficient (Wildman–Crippen LogP) is 4.19. The minimum absolute atomic E-state index is 0.335. The average molecular weight is 354 g/mol. The van der Waals surface area contributed by atoms with Gasteiger partial charge in [-0.2, -0.15) is 0 Å². The van der Waals surface area contributed by atoms with Gasteiger partial charge in [-0.05, 0) is 63.8 Å². The topological polar surface area (TPSA) is 60.3 Å². The Balaban J connectivity index is 1.63. The first-order valence-electron chi connectivity index (χ1n) is 9.20. The third-order valence-corrected chi connectivity index (χ3v) is 4.90. The number of ether oxygens (including phenoxy) is 1. The number of rotatable bonds is 6. The number of carbonyl (C=O) groups is 2. The molecule has 0 radical (unpaired) electrons. The quantitative estimate of drug-likeness (QED) is 0.792. The summed E-state index contributed by atoms with van der Waals surface area (Å²) in [5.41, 5.74) is 4.42. The summed E-state index contributed by atoms with van der Waals surface area (Å²) in [4.78, 5) is 24.8. The number of nitrogens with zero attached hydrogens (tertiary/aromatic N) is 1. The molecule has 0 unspecified atom stereocenters. The van der Waals surface area contributed by atoms with Gasteiger partial charge in [-0.3, -0.25) is 4.79 Å². The molecule has 0 aliphatic heterocycles. The van der Waals surface area contributed by atoms with Gasteiger partial charge in [0.25, 0.3) is 5.91 Å². The number of aryl methyl sites for hydroxylation is 2. The Bertz CT molecular complexity index is 817. The number of carbonyl (C=O) groups excluding carboxylic acids is 2. The second-order valence-corrected chi connectivity index (χ2v) is 6.97. The molecule has 1 aromatic heterocycles. The van der Waals surface area contributed by atoms with Crippen LogP contribution in [-0.4, -0.2) is 22.5 Å². The molecular weight excluding hydrogens is 328 g/mol. The van der Waals surface area contributed by atoms with Crippen molar-refractivity contribution >= 4 is 17.6 Å². The summed E-state index contributed by atoms with van der Waals surface area (Å²) >= 11 is 0. The highest BCUT2D eigenvalue weighted by molar-refractivity contribution is 5.97. The van der Waals surface area contributed by atoms with Gasteiger partial charge in [0.2, 0.25) is 0 Å². The summed E-state index contributed by atoms with van der Waals surface area (Å²) in [6.45, 7) is 7.60. The molecule has 1 aromatic carbocycles. The van der Waals surface area contributed by atoms with Gasteiger partial charge in [-0.25, -0.2) is 4.79 Å². The van der Waals surface area contributed by atoms with Crippen LogP contribution in [0.15, 0.2) is 30.3 Å². The minimum atomic E-state index is -0.864. The molecule has 26 heavy (non-hydrogen) atoms. The minimum Gasteiger partial charge on any atom is -0.449 e. The highest BCUT2D eigenvalue weighted by Crippen LogP contribution is 2.38. The number of aromatic nitrogens is 1. The van der Waals surface area contributed by atoms with Gasteiger partial charge in [0.1, 0.15) is 0 Å². The number of anilines is 1. The molecule has 0 bridgehead atoms. The second-order valence-electron chi connectivity index (χ2n) is 6.97. The zero-order valence-electron chi connectivity index (χ0n) is 15.8. The Hall–Kier alpha value is -2.56. The molecule has 1 amide bonds. The molecule has 5 heteroatoms. The van der Waals surface area contributed by atoms with E-state index in [2.05, 4.69) is 16.8 Å². The van der Waals surface area contributed by atoms with Crippen LogP contribution in [0.3, 0.4) is 0 Å². The fourth-order valence-corrected chi connectivity index (χ4v) is 3.22. The van der Waals surface area contributed by atoms with Crippen LogP contribution >= 0.6 is 0 Å². The van der Waals surface area contributed by atoms with E-state index in [-0.39, 0.29) is 5.91 Å². The SMILES string of the molecule is CCc1ccc(NC(=O)[C@@H](C)OC(=O)c2cc(C)n(C3CC3)c2C)cc1. The standard InChI is InChI=1S/C21H26N2O3/c1-5-16-6-8-17(9-7-16)22-20(24)15(4)26-21(25)19-12-13(2)23(14(19)3)18-10-11-18/h6-9,12,15,18H,5,10-11H2,1-4H3,(H,22,24)/t15-/m1/s1. The van der Waals surface area contributed by atoms with Crippen LogP contribution in [0.2, 0.25) is 0 Å². The van der Waals surface area contributed by atoms with E-state index in [1.165, 1.54) is 5.56 Å². The lowest BCUT2D eigenvalue weighted by Crippen LogP contribution is -2.30. The molecule has 5 nitrogen and oxygen atoms in total. The third-order valence-electron chi connectivity index (χ3n) is 4.90. The van der Waals surface area contributed by atoms with Crippen molar-refractivity contribution in [3.63, 3.8) is 0 Å². The van der Waals surface area contributed by atoms with E-state index >= 15 is 0 Å². The van der Waals surface area contributed by atoms with Crippen molar-refractivity contribution in [2.24, 2.45) is 0 Å². The van der Waals surface area contributed by atoms with Crippen LogP contribution in [0, 0.1) is 13.8 Å². The monoisotopic (exact) mass is 354 g/mol. The van der Waals surface area contributed by atoms with Crippen molar-refractivity contribution in [1.29, 1.82) is 0 Å². The Kier molecular flexibility index (Phi) is 5.16. The lowest BCUT2D eigenvalue weighted by atomic mass is 10.1. The summed E-state index contributed by atoms with van der Waals surface area (Å²) in [5.74, 6) is -0.785. The highest BCUT2D eigenvalue weighted by atomic mass is 16.5. The predicted molar refractivity (Wildman–Crippen MR) is 102 cm³/mol. The van der Waals surface area contributed by atoms with E-state index < -0.39 is 12.1 Å². The molecule has 2 aromatic rings. The first-order valence-corrected chi connectivity index (χ1v) is 9.20. The number of hydrogen-bond donors (Lipinski definition) is 1. The number of hydrogen-bond acceptors (Lipinski definition) is 3. The number of esters is 1. The molecule has 1 N–H and O–H groups in total. The molecule has 0 saturated heterocycles. The zero-order chi connectivity index (χ0) is 18.8. The van der Waals surface area contributed by atoms with Crippen LogP contribution in [0.5, 0.6) is 0 Å². The fourth-order valence-electron chi connectivity index (χ4n) is 3.22. The molecule has 1 aliphatic rings. The van der Waals surface area contributed by atoms with E-state index in [0.29, 0.717) is 17.3 Å². The van der Waals surface area contributed by atoms with Gasteiger partial charge in [0.05, 0.1) is 5.56 Å². The van der Waals surface area contributed by atoms with Gasteiger partial charge >= 0.3 is 5.97 Å². The van der Waals surface area contributed by atoms with Gasteiger partial charge < -0.3 is 14.6 Å². The van der Waals surface area contributed by atoms with Gasteiger partial charge in [-0.15, -0.1) is 0 Å². The molecule has 1 fully saturated rings. The van der Waals surface area contributed by atoms with E-state index in [1.54, 1.807) is 6.92 Å². The lowest BCUT2D eigenvalue weighted by molar-refractivity contribution is -0.123. The smallest absolute Gasteiger partial charge is 0.340 e. The molecule has 1 heterocycles. The molecule has 3 rings (SSSR count). The van der Waals surface area contributed by atoms with Crippen LogP contribution < -0.4 is 5.32 Å². The van der Waals surface area contributed by atoms with Crippen LogP contribution in [0.4, 0.5) is 5.69 Å². The summed E-state index contributed by atoms with van der Waals surface area (Å²) in [5, 5.41) is 2.79. The van der Waals surface area contributed by atoms with Crippen LogP contribution in [0.25, 0.3) is 0 Å². The van der Waals surface area contributed by atoms with Crippen molar-refractivity contribution in [3.05, 3.63) is 52.8 Å². The summed E-state index contributed by atoms with van der Waals surface area (Å²) < 4.78 is 7.59. The van der Waals surface area contributed by atoms with E-state index in [0.717, 1.165) is 30.7 Å². The highest BCUT2D eigenvalue weighted by Gasteiger charge is 2.29. The van der Waals surface area contributed by atoms with Gasteiger partial charge in [0.15, 0.2) is 6.10 Å². The van der Waals surface area contributed by atoms with E-state index in [9.17, 15) is 9.59 Å². The third kappa shape index (κ3) is 3.82. The van der Waals surface area contributed by atoms with Crippen LogP contribution in [0.1, 0.15) is 60.0 Å². The maximum atomic E-state index is 12.5.